The molecule has 0 saturated heterocycles. The van der Waals surface area contributed by atoms with Crippen LogP contribution in [0.4, 0.5) is 0 Å². The highest BCUT2D eigenvalue weighted by molar-refractivity contribution is 5.82. The Balaban J connectivity index is 1.89. The molecule has 0 aliphatic heterocycles. The summed E-state index contributed by atoms with van der Waals surface area (Å²) in [7, 11) is 1.84. The van der Waals surface area contributed by atoms with E-state index in [2.05, 4.69) is 0 Å². The van der Waals surface area contributed by atoms with Gasteiger partial charge in [-0.1, -0.05) is 43.2 Å². The molecule has 0 bridgehead atoms. The molecule has 1 aliphatic carbocycles. The minimum atomic E-state index is -0.527. The van der Waals surface area contributed by atoms with Crippen molar-refractivity contribution in [1.29, 1.82) is 0 Å². The second-order valence-corrected chi connectivity index (χ2v) is 4.88. The summed E-state index contributed by atoms with van der Waals surface area (Å²) in [6.45, 7) is 0.823. The molecule has 1 saturated carbocycles. The molecule has 0 spiro atoms. The van der Waals surface area contributed by atoms with Crippen molar-refractivity contribution in [2.75, 3.05) is 13.6 Å². The molecule has 2 N–H and O–H groups in total. The molecule has 3 nitrogen and oxygen atoms in total. The average molecular weight is 232 g/mol. The highest BCUT2D eigenvalue weighted by atomic mass is 16.2. The Morgan fingerprint density at radius 3 is 2.65 bits per heavy atom. The fourth-order valence-corrected chi connectivity index (χ4v) is 1.93. The van der Waals surface area contributed by atoms with Gasteiger partial charge in [0.1, 0.15) is 6.04 Å². The van der Waals surface area contributed by atoms with Crippen molar-refractivity contribution in [2.45, 2.75) is 25.3 Å². The molecule has 1 aliphatic rings. The van der Waals surface area contributed by atoms with Crippen molar-refractivity contribution in [1.82, 2.24) is 4.90 Å². The van der Waals surface area contributed by atoms with Crippen LogP contribution in [0.25, 0.3) is 0 Å². The predicted octanol–water partition coefficient (Wildman–Crippen LogP) is 1.94. The van der Waals surface area contributed by atoms with Crippen LogP contribution >= 0.6 is 0 Å². The lowest BCUT2D eigenvalue weighted by molar-refractivity contribution is -0.131. The second-order valence-electron chi connectivity index (χ2n) is 4.88. The number of rotatable bonds is 5. The number of amides is 1. The van der Waals surface area contributed by atoms with Gasteiger partial charge in [-0.2, -0.15) is 0 Å². The first-order chi connectivity index (χ1) is 8.18. The maximum absolute atomic E-state index is 12.1. The van der Waals surface area contributed by atoms with Gasteiger partial charge in [0.2, 0.25) is 5.91 Å². The van der Waals surface area contributed by atoms with Gasteiger partial charge in [0.05, 0.1) is 0 Å². The van der Waals surface area contributed by atoms with E-state index in [1.165, 1.54) is 12.8 Å². The summed E-state index contributed by atoms with van der Waals surface area (Å²) < 4.78 is 0. The number of carbonyl (C=O) groups is 1. The molecule has 3 heteroatoms. The van der Waals surface area contributed by atoms with E-state index in [0.29, 0.717) is 0 Å². The average Bonchev–Trinajstić information content (AvgIpc) is 3.19. The van der Waals surface area contributed by atoms with E-state index in [0.717, 1.165) is 24.4 Å². The first-order valence-corrected chi connectivity index (χ1v) is 6.24. The van der Waals surface area contributed by atoms with Crippen LogP contribution in [0.1, 0.15) is 30.9 Å². The Labute approximate surface area is 103 Å². The van der Waals surface area contributed by atoms with E-state index in [1.807, 2.05) is 37.4 Å². The quantitative estimate of drug-likeness (QED) is 0.843. The van der Waals surface area contributed by atoms with Crippen molar-refractivity contribution in [3.05, 3.63) is 35.9 Å². The third-order valence-electron chi connectivity index (χ3n) is 3.37. The molecule has 0 heterocycles. The summed E-state index contributed by atoms with van der Waals surface area (Å²) in [6.07, 6.45) is 3.77. The van der Waals surface area contributed by atoms with Crippen LogP contribution in [0, 0.1) is 5.92 Å². The van der Waals surface area contributed by atoms with Crippen molar-refractivity contribution in [2.24, 2.45) is 11.7 Å². The normalized spacial score (nSPS) is 16.6. The molecular weight excluding hydrogens is 212 g/mol. The van der Waals surface area contributed by atoms with Crippen LogP contribution in [0.15, 0.2) is 30.3 Å². The lowest BCUT2D eigenvalue weighted by Crippen LogP contribution is -2.36. The smallest absolute Gasteiger partial charge is 0.243 e. The van der Waals surface area contributed by atoms with Crippen molar-refractivity contribution in [3.8, 4) is 0 Å². The fourth-order valence-electron chi connectivity index (χ4n) is 1.93. The lowest BCUT2D eigenvalue weighted by atomic mass is 10.1. The molecule has 0 unspecified atom stereocenters. The van der Waals surface area contributed by atoms with Gasteiger partial charge in [-0.15, -0.1) is 0 Å². The third-order valence-corrected chi connectivity index (χ3v) is 3.37. The van der Waals surface area contributed by atoms with Gasteiger partial charge in [-0.25, -0.2) is 0 Å². The summed E-state index contributed by atoms with van der Waals surface area (Å²) in [6, 6.07) is 9.02. The molecular formula is C14H20N2O. The fraction of sp³-hybridized carbons (Fsp3) is 0.500. The van der Waals surface area contributed by atoms with Gasteiger partial charge in [0, 0.05) is 13.6 Å². The largest absolute Gasteiger partial charge is 0.344 e. The van der Waals surface area contributed by atoms with Crippen LogP contribution in [-0.4, -0.2) is 24.4 Å². The van der Waals surface area contributed by atoms with E-state index in [4.69, 9.17) is 5.73 Å². The monoisotopic (exact) mass is 232 g/mol. The van der Waals surface area contributed by atoms with E-state index in [-0.39, 0.29) is 5.91 Å². The minimum absolute atomic E-state index is 0.0110. The number of benzene rings is 1. The molecule has 0 aromatic heterocycles. The number of hydrogen-bond acceptors (Lipinski definition) is 2. The molecule has 1 aromatic carbocycles. The molecule has 92 valence electrons. The molecule has 1 atom stereocenters. The van der Waals surface area contributed by atoms with Gasteiger partial charge >= 0.3 is 0 Å². The Morgan fingerprint density at radius 1 is 1.41 bits per heavy atom. The van der Waals surface area contributed by atoms with Gasteiger partial charge in [-0.05, 0) is 17.9 Å². The van der Waals surface area contributed by atoms with Gasteiger partial charge in [-0.3, -0.25) is 4.79 Å². The molecule has 1 fully saturated rings. The summed E-state index contributed by atoms with van der Waals surface area (Å²) in [4.78, 5) is 13.8. The Bertz CT molecular complexity index is 373. The first kappa shape index (κ1) is 12.1. The van der Waals surface area contributed by atoms with Crippen LogP contribution in [0.2, 0.25) is 0 Å². The van der Waals surface area contributed by atoms with E-state index < -0.39 is 6.04 Å². The summed E-state index contributed by atoms with van der Waals surface area (Å²) in [5, 5.41) is 0. The summed E-state index contributed by atoms with van der Waals surface area (Å²) >= 11 is 0. The van der Waals surface area contributed by atoms with Crippen molar-refractivity contribution >= 4 is 5.91 Å². The highest BCUT2D eigenvalue weighted by Crippen LogP contribution is 2.32. The maximum atomic E-state index is 12.1. The van der Waals surface area contributed by atoms with Gasteiger partial charge < -0.3 is 10.6 Å². The molecule has 17 heavy (non-hydrogen) atoms. The maximum Gasteiger partial charge on any atom is 0.243 e. The van der Waals surface area contributed by atoms with Crippen molar-refractivity contribution < 1.29 is 4.79 Å². The van der Waals surface area contributed by atoms with E-state index in [1.54, 1.807) is 4.90 Å². The number of nitrogens with zero attached hydrogens (tertiary/aromatic N) is 1. The lowest BCUT2D eigenvalue weighted by Gasteiger charge is -2.21. The van der Waals surface area contributed by atoms with Crippen molar-refractivity contribution in [3.63, 3.8) is 0 Å². The first-order valence-electron chi connectivity index (χ1n) is 6.24. The molecule has 2 rings (SSSR count). The van der Waals surface area contributed by atoms with Gasteiger partial charge in [0.15, 0.2) is 0 Å². The standard InChI is InChI=1S/C14H20N2O/c1-16(10-9-11-7-8-11)14(17)13(15)12-5-3-2-4-6-12/h2-6,11,13H,7-10,15H2,1H3/t13-/m1/s1. The number of likely N-dealkylation sites (N-methyl/N-ethyl adjacent to an activating group) is 1. The Morgan fingerprint density at radius 2 is 2.06 bits per heavy atom. The van der Waals surface area contributed by atoms with Crippen LogP contribution in [0.3, 0.4) is 0 Å². The summed E-state index contributed by atoms with van der Waals surface area (Å²) in [5.41, 5.74) is 6.86. The van der Waals surface area contributed by atoms with E-state index in [9.17, 15) is 4.79 Å². The molecule has 1 aromatic rings. The zero-order valence-corrected chi connectivity index (χ0v) is 10.3. The highest BCUT2D eigenvalue weighted by Gasteiger charge is 2.24. The molecule has 0 radical (unpaired) electrons. The third kappa shape index (κ3) is 3.30. The van der Waals surface area contributed by atoms with Crippen LogP contribution in [-0.2, 0) is 4.79 Å². The zero-order chi connectivity index (χ0) is 12.3. The number of carbonyl (C=O) groups excluding carboxylic acids is 1. The SMILES string of the molecule is CN(CCC1CC1)C(=O)[C@H](N)c1ccccc1. The Hall–Kier alpha value is -1.35. The second kappa shape index (κ2) is 5.32. The topological polar surface area (TPSA) is 46.3 Å². The summed E-state index contributed by atoms with van der Waals surface area (Å²) in [5.74, 6) is 0.857. The Kier molecular flexibility index (Phi) is 3.79. The molecule has 1 amide bonds. The van der Waals surface area contributed by atoms with E-state index >= 15 is 0 Å². The number of hydrogen-bond donors (Lipinski definition) is 1. The zero-order valence-electron chi connectivity index (χ0n) is 10.3. The minimum Gasteiger partial charge on any atom is -0.344 e. The van der Waals surface area contributed by atoms with Gasteiger partial charge in [0.25, 0.3) is 0 Å². The number of nitrogens with two attached hydrogens (primary N) is 1. The van der Waals surface area contributed by atoms with Crippen LogP contribution < -0.4 is 5.73 Å². The predicted molar refractivity (Wildman–Crippen MR) is 68.3 cm³/mol. The van der Waals surface area contributed by atoms with Crippen LogP contribution in [0.5, 0.6) is 0 Å².